The highest BCUT2D eigenvalue weighted by Crippen LogP contribution is 2.31. The molecular formula is C8H8I2S. The van der Waals surface area contributed by atoms with Gasteiger partial charge in [-0.1, -0.05) is 62.9 Å². The minimum Gasteiger partial charge on any atom is -0.101 e. The van der Waals surface area contributed by atoms with Crippen molar-refractivity contribution in [2.24, 2.45) is 0 Å². The Balaban J connectivity index is 2.66. The van der Waals surface area contributed by atoms with Gasteiger partial charge in [0, 0.05) is 4.90 Å². The van der Waals surface area contributed by atoms with Gasteiger partial charge in [-0.3, -0.25) is 0 Å². The molecule has 0 aliphatic heterocycles. The van der Waals surface area contributed by atoms with Crippen LogP contribution in [0.25, 0.3) is 0 Å². The van der Waals surface area contributed by atoms with Gasteiger partial charge in [0.15, 0.2) is 0 Å². The average molecular weight is 390 g/mol. The van der Waals surface area contributed by atoms with E-state index in [9.17, 15) is 0 Å². The smallest absolute Gasteiger partial charge is 0.101 e. The second-order valence-electron chi connectivity index (χ2n) is 2.19. The lowest BCUT2D eigenvalue weighted by molar-refractivity contribution is 1.38. The van der Waals surface area contributed by atoms with Crippen LogP contribution in [-0.4, -0.2) is 1.26 Å². The molecule has 0 spiro atoms. The second kappa shape index (κ2) is 4.91. The Bertz CT molecular complexity index is 218. The van der Waals surface area contributed by atoms with Crippen molar-refractivity contribution in [1.29, 1.82) is 0 Å². The number of halogens is 2. The van der Waals surface area contributed by atoms with E-state index in [2.05, 4.69) is 76.4 Å². The number of aryl methyl sites for hydroxylation is 1. The molecule has 0 saturated heterocycles. The van der Waals surface area contributed by atoms with Crippen LogP contribution in [0.2, 0.25) is 0 Å². The maximum absolute atomic E-state index is 2.40. The molecule has 1 aromatic rings. The summed E-state index contributed by atoms with van der Waals surface area (Å²) in [6, 6.07) is 8.64. The van der Waals surface area contributed by atoms with Crippen LogP contribution in [0.4, 0.5) is 0 Å². The van der Waals surface area contributed by atoms with Crippen molar-refractivity contribution in [3.05, 3.63) is 29.8 Å². The van der Waals surface area contributed by atoms with E-state index in [1.165, 1.54) is 10.5 Å². The van der Waals surface area contributed by atoms with Gasteiger partial charge in [-0.15, -0.1) is 11.8 Å². The summed E-state index contributed by atoms with van der Waals surface area (Å²) in [6.45, 7) is 2.11. The highest BCUT2D eigenvalue weighted by Gasteiger charge is 1.98. The zero-order valence-electron chi connectivity index (χ0n) is 6.05. The molecule has 60 valence electrons. The van der Waals surface area contributed by atoms with Crippen molar-refractivity contribution < 1.29 is 0 Å². The highest BCUT2D eigenvalue weighted by atomic mass is 127. The van der Waals surface area contributed by atoms with E-state index in [4.69, 9.17) is 0 Å². The maximum atomic E-state index is 2.40. The fourth-order valence-electron chi connectivity index (χ4n) is 0.720. The minimum absolute atomic E-state index is 0.618. The Morgan fingerprint density at radius 1 is 1.18 bits per heavy atom. The Kier molecular flexibility index (Phi) is 4.52. The van der Waals surface area contributed by atoms with Gasteiger partial charge in [-0.25, -0.2) is 0 Å². The van der Waals surface area contributed by atoms with Crippen LogP contribution in [0.15, 0.2) is 29.2 Å². The van der Waals surface area contributed by atoms with E-state index < -0.39 is 0 Å². The van der Waals surface area contributed by atoms with Crippen LogP contribution in [-0.2, 0) is 0 Å². The largest absolute Gasteiger partial charge is 0.112 e. The summed E-state index contributed by atoms with van der Waals surface area (Å²) in [5.41, 5.74) is 1.33. The van der Waals surface area contributed by atoms with Crippen molar-refractivity contribution >= 4 is 56.9 Å². The van der Waals surface area contributed by atoms with E-state index in [1.807, 2.05) is 11.8 Å². The molecule has 0 aliphatic rings. The third-order valence-electron chi connectivity index (χ3n) is 1.25. The van der Waals surface area contributed by atoms with Crippen molar-refractivity contribution in [3.63, 3.8) is 0 Å². The summed E-state index contributed by atoms with van der Waals surface area (Å²) >= 11 is 6.69. The molecule has 3 heteroatoms. The number of hydrogen-bond acceptors (Lipinski definition) is 1. The first-order valence-electron chi connectivity index (χ1n) is 3.20. The van der Waals surface area contributed by atoms with Crippen molar-refractivity contribution in [2.75, 3.05) is 0 Å². The van der Waals surface area contributed by atoms with E-state index in [-0.39, 0.29) is 0 Å². The Hall–Kier alpha value is 1.03. The summed E-state index contributed by atoms with van der Waals surface area (Å²) in [5.74, 6) is 0. The molecule has 0 saturated carbocycles. The molecule has 0 unspecified atom stereocenters. The third kappa shape index (κ3) is 3.98. The first-order valence-corrected chi connectivity index (χ1v) is 6.57. The van der Waals surface area contributed by atoms with E-state index in [0.717, 1.165) is 0 Å². The summed E-state index contributed by atoms with van der Waals surface area (Å²) in [7, 11) is 0. The second-order valence-corrected chi connectivity index (χ2v) is 9.94. The molecule has 11 heavy (non-hydrogen) atoms. The molecule has 0 N–H and O–H groups in total. The minimum atomic E-state index is 0.618. The number of hydrogen-bond donors (Lipinski definition) is 0. The SMILES string of the molecule is Cc1ccc(SC(I)I)cc1. The van der Waals surface area contributed by atoms with Gasteiger partial charge < -0.3 is 0 Å². The van der Waals surface area contributed by atoms with Crippen molar-refractivity contribution in [2.45, 2.75) is 13.1 Å². The Morgan fingerprint density at radius 2 is 1.73 bits per heavy atom. The highest BCUT2D eigenvalue weighted by molar-refractivity contribution is 14.2. The van der Waals surface area contributed by atoms with Gasteiger partial charge in [-0.05, 0) is 19.1 Å². The van der Waals surface area contributed by atoms with Gasteiger partial charge in [-0.2, -0.15) is 0 Å². The van der Waals surface area contributed by atoms with Crippen LogP contribution in [0.5, 0.6) is 0 Å². The molecule has 0 bridgehead atoms. The van der Waals surface area contributed by atoms with Crippen LogP contribution in [0.3, 0.4) is 0 Å². The van der Waals surface area contributed by atoms with Crippen molar-refractivity contribution in [1.82, 2.24) is 0 Å². The Labute approximate surface area is 98.8 Å². The van der Waals surface area contributed by atoms with Crippen LogP contribution in [0.1, 0.15) is 5.56 Å². The molecule has 0 nitrogen and oxygen atoms in total. The van der Waals surface area contributed by atoms with Gasteiger partial charge in [0.2, 0.25) is 0 Å². The lowest BCUT2D eigenvalue weighted by Gasteiger charge is -2.01. The predicted octanol–water partition coefficient (Wildman–Crippen LogP) is 4.24. The molecule has 0 atom stereocenters. The van der Waals surface area contributed by atoms with Gasteiger partial charge in [0.25, 0.3) is 0 Å². The molecule has 0 fully saturated rings. The zero-order valence-corrected chi connectivity index (χ0v) is 11.2. The standard InChI is InChI=1S/C8H8I2S/c1-6-2-4-7(5-3-6)11-8(9)10/h2-5,8H,1H3. The molecule has 0 aromatic heterocycles. The summed E-state index contributed by atoms with van der Waals surface area (Å²) in [4.78, 5) is 1.35. The van der Waals surface area contributed by atoms with E-state index in [0.29, 0.717) is 1.26 Å². The monoisotopic (exact) mass is 390 g/mol. The summed E-state index contributed by atoms with van der Waals surface area (Å²) < 4.78 is 0.618. The molecule has 0 aliphatic carbocycles. The normalized spacial score (nSPS) is 10.5. The van der Waals surface area contributed by atoms with Gasteiger partial charge in [0.05, 0.1) is 0 Å². The average Bonchev–Trinajstić information content (AvgIpc) is 1.93. The summed E-state index contributed by atoms with van der Waals surface area (Å²) in [5, 5.41) is 0. The molecule has 0 heterocycles. The van der Waals surface area contributed by atoms with E-state index in [1.54, 1.807) is 0 Å². The zero-order chi connectivity index (χ0) is 8.27. The van der Waals surface area contributed by atoms with E-state index >= 15 is 0 Å². The lowest BCUT2D eigenvalue weighted by Crippen LogP contribution is -1.76. The quantitative estimate of drug-likeness (QED) is 0.414. The predicted molar refractivity (Wildman–Crippen MR) is 68.9 cm³/mol. The van der Waals surface area contributed by atoms with Crippen LogP contribution >= 0.6 is 56.9 Å². The van der Waals surface area contributed by atoms with Crippen LogP contribution < -0.4 is 0 Å². The molecule has 0 amide bonds. The number of rotatable bonds is 2. The molecular weight excluding hydrogens is 382 g/mol. The topological polar surface area (TPSA) is 0 Å². The third-order valence-corrected chi connectivity index (χ3v) is 3.49. The van der Waals surface area contributed by atoms with Gasteiger partial charge in [0.1, 0.15) is 1.26 Å². The molecule has 0 radical (unpaired) electrons. The van der Waals surface area contributed by atoms with Crippen molar-refractivity contribution in [3.8, 4) is 0 Å². The maximum Gasteiger partial charge on any atom is 0.112 e. The Morgan fingerprint density at radius 3 is 2.18 bits per heavy atom. The fraction of sp³-hybridized carbons (Fsp3) is 0.250. The number of alkyl halides is 2. The number of benzene rings is 1. The van der Waals surface area contributed by atoms with Crippen LogP contribution in [0, 0.1) is 6.92 Å². The summed E-state index contributed by atoms with van der Waals surface area (Å²) in [6.07, 6.45) is 0. The fourth-order valence-corrected chi connectivity index (χ4v) is 2.98. The first kappa shape index (κ1) is 10.1. The molecule has 1 rings (SSSR count). The lowest BCUT2D eigenvalue weighted by atomic mass is 10.2. The molecule has 1 aromatic carbocycles. The number of thioether (sulfide) groups is 1. The van der Waals surface area contributed by atoms with Gasteiger partial charge >= 0.3 is 0 Å². The first-order chi connectivity index (χ1) is 5.18.